The van der Waals surface area contributed by atoms with Gasteiger partial charge >= 0.3 is 0 Å². The number of nitrogens with one attached hydrogen (secondary N) is 3. The van der Waals surface area contributed by atoms with Gasteiger partial charge in [-0.25, -0.2) is 4.99 Å². The van der Waals surface area contributed by atoms with Crippen LogP contribution in [0.5, 0.6) is 0 Å². The molecule has 12 heteroatoms. The Bertz CT molecular complexity index is 1190. The van der Waals surface area contributed by atoms with Gasteiger partial charge in [0.2, 0.25) is 5.78 Å². The van der Waals surface area contributed by atoms with Crippen molar-refractivity contribution < 1.29 is 25.2 Å². The van der Waals surface area contributed by atoms with Crippen LogP contribution in [-0.2, 0) is 4.79 Å². The summed E-state index contributed by atoms with van der Waals surface area (Å²) in [4.78, 5) is 21.2. The van der Waals surface area contributed by atoms with E-state index in [1.807, 2.05) is 58.3 Å². The maximum absolute atomic E-state index is 12.6. The van der Waals surface area contributed by atoms with Crippen molar-refractivity contribution in [3.8, 4) is 0 Å². The highest BCUT2D eigenvalue weighted by atomic mass is 16.3. The molecule has 0 heterocycles. The fraction of sp³-hybridized carbons (Fsp3) is 0.400. The highest BCUT2D eigenvalue weighted by molar-refractivity contribution is 6.23. The third-order valence-electron chi connectivity index (χ3n) is 6.59. The summed E-state index contributed by atoms with van der Waals surface area (Å²) in [7, 11) is 0. The summed E-state index contributed by atoms with van der Waals surface area (Å²) < 4.78 is 0. The van der Waals surface area contributed by atoms with Gasteiger partial charge < -0.3 is 42.1 Å². The molecule has 12 nitrogen and oxygen atoms in total. The topological polar surface area (TPSA) is 179 Å². The van der Waals surface area contributed by atoms with Crippen LogP contribution in [-0.4, -0.2) is 121 Å². The molecule has 228 valence electrons. The number of aliphatic hydroxyl groups excluding tert-OH is 4. The number of carbonyl (C=O) groups is 1. The third-order valence-corrected chi connectivity index (χ3v) is 6.59. The minimum atomic E-state index is -0.238. The maximum atomic E-state index is 12.6. The molecule has 0 spiro atoms. The highest BCUT2D eigenvalue weighted by Gasteiger charge is 2.17. The number of hydrogen-bond donors (Lipinski definition) is 8. The molecule has 42 heavy (non-hydrogen) atoms. The van der Waals surface area contributed by atoms with Crippen LogP contribution in [0.1, 0.15) is 0 Å². The molecule has 0 fully saturated rings. The summed E-state index contributed by atoms with van der Waals surface area (Å²) in [6.07, 6.45) is 3.01. The minimum Gasteiger partial charge on any atom is -0.397 e. The molecule has 2 aromatic rings. The fourth-order valence-corrected chi connectivity index (χ4v) is 4.35. The first kappa shape index (κ1) is 32.7. The molecular formula is C30H43N7O5. The first-order valence-electron chi connectivity index (χ1n) is 14.1. The van der Waals surface area contributed by atoms with Gasteiger partial charge in [0.25, 0.3) is 0 Å². The lowest BCUT2D eigenvalue weighted by Gasteiger charge is -2.20. The Kier molecular flexibility index (Phi) is 14.0. The number of ketones is 1. The molecule has 0 saturated carbocycles. The van der Waals surface area contributed by atoms with Crippen molar-refractivity contribution >= 4 is 34.2 Å². The van der Waals surface area contributed by atoms with Gasteiger partial charge in [-0.2, -0.15) is 0 Å². The van der Waals surface area contributed by atoms with Crippen LogP contribution in [0.2, 0.25) is 0 Å². The molecular weight excluding hydrogens is 538 g/mol. The normalized spacial score (nSPS) is 14.3. The number of aliphatic hydroxyl groups is 4. The average Bonchev–Trinajstić information content (AvgIpc) is 2.98. The van der Waals surface area contributed by atoms with Gasteiger partial charge in [-0.05, 0) is 54.6 Å². The Morgan fingerprint density at radius 1 is 0.643 bits per heavy atom. The molecule has 0 aliphatic heterocycles. The Labute approximate surface area is 246 Å². The summed E-state index contributed by atoms with van der Waals surface area (Å²) in [6, 6.07) is 15.1. The Hall–Kier alpha value is -3.78. The summed E-state index contributed by atoms with van der Waals surface area (Å²) in [5.41, 5.74) is 10.5. The van der Waals surface area contributed by atoms with Crippen LogP contribution in [0.3, 0.4) is 0 Å². The van der Waals surface area contributed by atoms with E-state index in [0.29, 0.717) is 69.5 Å². The van der Waals surface area contributed by atoms with Gasteiger partial charge in [-0.3, -0.25) is 14.6 Å². The number of nitrogens with zero attached hydrogens (tertiary/aromatic N) is 3. The van der Waals surface area contributed by atoms with E-state index in [-0.39, 0.29) is 37.9 Å². The quantitative estimate of drug-likeness (QED) is 0.109. The van der Waals surface area contributed by atoms with Crippen molar-refractivity contribution in [2.24, 2.45) is 10.7 Å². The second-order valence-corrected chi connectivity index (χ2v) is 9.70. The van der Waals surface area contributed by atoms with Gasteiger partial charge in [0.15, 0.2) is 0 Å². The molecule has 3 rings (SSSR count). The number of nitrogens with two attached hydrogens (primary N) is 1. The first-order valence-corrected chi connectivity index (χ1v) is 14.1. The van der Waals surface area contributed by atoms with Gasteiger partial charge in [-0.1, -0.05) is 0 Å². The molecule has 2 aromatic carbocycles. The lowest BCUT2D eigenvalue weighted by molar-refractivity contribution is -0.111. The first-order chi connectivity index (χ1) is 20.4. The summed E-state index contributed by atoms with van der Waals surface area (Å²) in [5.74, 6) is -0.238. The lowest BCUT2D eigenvalue weighted by Crippen LogP contribution is -2.34. The summed E-state index contributed by atoms with van der Waals surface area (Å²) in [5, 5.41) is 46.3. The molecule has 1 aliphatic carbocycles. The number of benzene rings is 2. The molecule has 0 unspecified atom stereocenters. The molecule has 1 aliphatic rings. The van der Waals surface area contributed by atoms with Crippen molar-refractivity contribution in [1.82, 2.24) is 9.80 Å². The van der Waals surface area contributed by atoms with E-state index in [1.54, 1.807) is 6.08 Å². The van der Waals surface area contributed by atoms with Crippen molar-refractivity contribution in [2.45, 2.75) is 0 Å². The molecule has 0 saturated heterocycles. The molecule has 0 radical (unpaired) electrons. The van der Waals surface area contributed by atoms with Crippen LogP contribution < -0.4 is 21.7 Å². The molecule has 0 amide bonds. The van der Waals surface area contributed by atoms with E-state index < -0.39 is 0 Å². The van der Waals surface area contributed by atoms with Crippen molar-refractivity contribution in [3.63, 3.8) is 0 Å². The number of hydrogen-bond acceptors (Lipinski definition) is 12. The zero-order valence-electron chi connectivity index (χ0n) is 23.9. The molecule has 0 aromatic heterocycles. The van der Waals surface area contributed by atoms with Crippen LogP contribution in [0.4, 0.5) is 22.7 Å². The average molecular weight is 582 g/mol. The standard InChI is InChI=1S/C30H43N7O5/c31-27-21-30(42)29(35-26-7-3-24(4-8-26)33-10-12-37(15-19-40)16-20-41)22-28(27)34-25-5-1-23(2-6-25)32-9-11-36(13-17-38)14-18-39/h1-8,21-22,32-33,35,38-41H,9-20,31H2/b34-28+. The van der Waals surface area contributed by atoms with E-state index in [9.17, 15) is 4.79 Å². The zero-order chi connectivity index (χ0) is 30.2. The van der Waals surface area contributed by atoms with Gasteiger partial charge in [0.1, 0.15) is 0 Å². The van der Waals surface area contributed by atoms with Crippen LogP contribution in [0, 0.1) is 0 Å². The van der Waals surface area contributed by atoms with E-state index in [1.165, 1.54) is 6.08 Å². The summed E-state index contributed by atoms with van der Waals surface area (Å²) >= 11 is 0. The Morgan fingerprint density at radius 2 is 1.10 bits per heavy atom. The Balaban J connectivity index is 1.57. The van der Waals surface area contributed by atoms with Crippen LogP contribution >= 0.6 is 0 Å². The maximum Gasteiger partial charge on any atom is 0.204 e. The predicted molar refractivity (Wildman–Crippen MR) is 167 cm³/mol. The molecule has 0 bridgehead atoms. The zero-order valence-corrected chi connectivity index (χ0v) is 23.9. The number of carbonyl (C=O) groups excluding carboxylic acids is 1. The van der Waals surface area contributed by atoms with Crippen molar-refractivity contribution in [1.29, 1.82) is 0 Å². The number of rotatable bonds is 19. The number of anilines is 3. The van der Waals surface area contributed by atoms with Crippen molar-refractivity contribution in [2.75, 3.05) is 94.7 Å². The Morgan fingerprint density at radius 3 is 1.57 bits per heavy atom. The van der Waals surface area contributed by atoms with Crippen LogP contribution in [0.15, 0.2) is 77.1 Å². The predicted octanol–water partition coefficient (Wildman–Crippen LogP) is 0.577. The van der Waals surface area contributed by atoms with E-state index >= 15 is 0 Å². The van der Waals surface area contributed by atoms with Gasteiger partial charge in [-0.15, -0.1) is 0 Å². The SMILES string of the molecule is NC1=CC(=O)C(Nc2ccc(NCCN(CCO)CCO)cc2)=C/C1=N\c1ccc(NCCN(CCO)CCO)cc1. The number of allylic oxidation sites excluding steroid dienone is 2. The molecule has 0 atom stereocenters. The summed E-state index contributed by atoms with van der Waals surface area (Å²) in [6.45, 7) is 4.95. The smallest absolute Gasteiger partial charge is 0.204 e. The highest BCUT2D eigenvalue weighted by Crippen LogP contribution is 2.21. The second kappa shape index (κ2) is 17.9. The third kappa shape index (κ3) is 10.9. The van der Waals surface area contributed by atoms with E-state index in [4.69, 9.17) is 26.2 Å². The second-order valence-electron chi connectivity index (χ2n) is 9.70. The molecule has 9 N–H and O–H groups in total. The number of aliphatic imine (C=N–C) groups is 1. The van der Waals surface area contributed by atoms with Crippen LogP contribution in [0.25, 0.3) is 0 Å². The fourth-order valence-electron chi connectivity index (χ4n) is 4.35. The lowest BCUT2D eigenvalue weighted by atomic mass is 10.1. The van der Waals surface area contributed by atoms with E-state index in [2.05, 4.69) is 20.9 Å². The minimum absolute atomic E-state index is 0.0472. The monoisotopic (exact) mass is 581 g/mol. The largest absolute Gasteiger partial charge is 0.397 e. The van der Waals surface area contributed by atoms with Gasteiger partial charge in [0, 0.05) is 75.5 Å². The van der Waals surface area contributed by atoms with E-state index in [0.717, 1.165) is 17.1 Å². The van der Waals surface area contributed by atoms with Gasteiger partial charge in [0.05, 0.1) is 49.2 Å². The van der Waals surface area contributed by atoms with Crippen molar-refractivity contribution in [3.05, 3.63) is 72.1 Å².